The van der Waals surface area contributed by atoms with E-state index < -0.39 is 0 Å². The molecule has 1 aliphatic heterocycles. The van der Waals surface area contributed by atoms with Gasteiger partial charge in [0.1, 0.15) is 0 Å². The Morgan fingerprint density at radius 3 is 2.26 bits per heavy atom. The molecule has 1 saturated heterocycles. The van der Waals surface area contributed by atoms with Crippen molar-refractivity contribution in [1.82, 2.24) is 10.2 Å². The highest BCUT2D eigenvalue weighted by Crippen LogP contribution is 2.29. The monoisotopic (exact) mass is 458 g/mol. The van der Waals surface area contributed by atoms with Crippen LogP contribution in [0.2, 0.25) is 5.02 Å². The second kappa shape index (κ2) is 10.1. The summed E-state index contributed by atoms with van der Waals surface area (Å²) in [5.74, 6) is -0.0728. The summed E-state index contributed by atoms with van der Waals surface area (Å²) in [6.07, 6.45) is 0. The zero-order valence-corrected chi connectivity index (χ0v) is 19.5. The Labute approximate surface area is 193 Å². The number of nitrogens with one attached hydrogen (secondary N) is 2. The van der Waals surface area contributed by atoms with Gasteiger partial charge in [-0.2, -0.15) is 0 Å². The van der Waals surface area contributed by atoms with Crippen LogP contribution in [0, 0.1) is 12.8 Å². The van der Waals surface area contributed by atoms with Crippen LogP contribution in [-0.2, 0) is 4.79 Å². The smallest absolute Gasteiger partial charge is 0.257 e. The minimum absolute atomic E-state index is 0.0100. The number of hydrogen-bond donors (Lipinski definition) is 2. The van der Waals surface area contributed by atoms with Crippen LogP contribution in [0.15, 0.2) is 42.5 Å². The van der Waals surface area contributed by atoms with Crippen molar-refractivity contribution in [2.75, 3.05) is 36.4 Å². The first-order valence-corrected chi connectivity index (χ1v) is 11.1. The molecule has 6 nitrogen and oxygen atoms in total. The first kappa shape index (κ1) is 23.0. The maximum Gasteiger partial charge on any atom is 0.257 e. The van der Waals surface area contributed by atoms with Crippen LogP contribution >= 0.6 is 23.8 Å². The molecule has 8 heteroatoms. The van der Waals surface area contributed by atoms with Crippen molar-refractivity contribution >= 4 is 52.1 Å². The van der Waals surface area contributed by atoms with Gasteiger partial charge in [0.25, 0.3) is 5.91 Å². The summed E-state index contributed by atoms with van der Waals surface area (Å²) < 4.78 is 0. The summed E-state index contributed by atoms with van der Waals surface area (Å²) in [7, 11) is 0. The van der Waals surface area contributed by atoms with E-state index in [1.54, 1.807) is 18.2 Å². The zero-order valence-electron chi connectivity index (χ0n) is 17.9. The van der Waals surface area contributed by atoms with Gasteiger partial charge in [0.15, 0.2) is 5.11 Å². The van der Waals surface area contributed by atoms with E-state index in [9.17, 15) is 9.59 Å². The average Bonchev–Trinajstić information content (AvgIpc) is 2.73. The number of carbonyl (C=O) groups is 2. The number of aryl methyl sites for hydroxylation is 1. The lowest BCUT2D eigenvalue weighted by molar-refractivity contribution is -0.134. The number of rotatable bonds is 4. The van der Waals surface area contributed by atoms with Gasteiger partial charge in [0.2, 0.25) is 5.91 Å². The summed E-state index contributed by atoms with van der Waals surface area (Å²) in [4.78, 5) is 28.5. The predicted octanol–water partition coefficient (Wildman–Crippen LogP) is 4.08. The van der Waals surface area contributed by atoms with Crippen LogP contribution in [0.4, 0.5) is 11.4 Å². The quantitative estimate of drug-likeness (QED) is 0.676. The van der Waals surface area contributed by atoms with E-state index in [1.165, 1.54) is 0 Å². The number of hydrogen-bond acceptors (Lipinski definition) is 4. The van der Waals surface area contributed by atoms with Crippen molar-refractivity contribution in [2.45, 2.75) is 20.8 Å². The molecule has 0 bridgehead atoms. The first-order valence-electron chi connectivity index (χ1n) is 10.3. The highest BCUT2D eigenvalue weighted by atomic mass is 35.5. The summed E-state index contributed by atoms with van der Waals surface area (Å²) >= 11 is 11.8. The fraction of sp³-hybridized carbons (Fsp3) is 0.348. The SMILES string of the molecule is Cc1ccc(C(=O)NC(=S)Nc2ccc(N3CCN(C(=O)C(C)C)CC3)c(Cl)c2)cc1. The molecule has 0 aliphatic carbocycles. The van der Waals surface area contributed by atoms with E-state index in [4.69, 9.17) is 23.8 Å². The van der Waals surface area contributed by atoms with Gasteiger partial charge in [0.05, 0.1) is 10.7 Å². The first-order chi connectivity index (χ1) is 14.7. The van der Waals surface area contributed by atoms with Crippen molar-refractivity contribution in [3.8, 4) is 0 Å². The Balaban J connectivity index is 1.57. The summed E-state index contributed by atoms with van der Waals surface area (Å²) in [6, 6.07) is 12.9. The lowest BCUT2D eigenvalue weighted by Gasteiger charge is -2.37. The fourth-order valence-corrected chi connectivity index (χ4v) is 3.93. The lowest BCUT2D eigenvalue weighted by atomic mass is 10.1. The van der Waals surface area contributed by atoms with Crippen molar-refractivity contribution < 1.29 is 9.59 Å². The number of halogens is 1. The Morgan fingerprint density at radius 2 is 1.68 bits per heavy atom. The highest BCUT2D eigenvalue weighted by Gasteiger charge is 2.24. The molecule has 31 heavy (non-hydrogen) atoms. The molecule has 0 saturated carbocycles. The molecule has 0 radical (unpaired) electrons. The van der Waals surface area contributed by atoms with Gasteiger partial charge in [-0.05, 0) is 49.5 Å². The maximum atomic E-state index is 12.3. The molecule has 0 atom stereocenters. The zero-order chi connectivity index (χ0) is 22.5. The molecule has 164 valence electrons. The number of anilines is 2. The molecule has 1 aliphatic rings. The number of carbonyl (C=O) groups excluding carboxylic acids is 2. The number of benzene rings is 2. The summed E-state index contributed by atoms with van der Waals surface area (Å²) in [5.41, 5.74) is 3.23. The van der Waals surface area contributed by atoms with Gasteiger partial charge in [-0.25, -0.2) is 0 Å². The van der Waals surface area contributed by atoms with Crippen molar-refractivity contribution in [3.05, 3.63) is 58.6 Å². The van der Waals surface area contributed by atoms with E-state index in [2.05, 4.69) is 15.5 Å². The molecule has 2 amide bonds. The van der Waals surface area contributed by atoms with E-state index >= 15 is 0 Å². The number of amides is 2. The molecule has 1 heterocycles. The number of nitrogens with zero attached hydrogens (tertiary/aromatic N) is 2. The second-order valence-electron chi connectivity index (χ2n) is 7.91. The molecule has 0 spiro atoms. The Hall–Kier alpha value is -2.64. The van der Waals surface area contributed by atoms with Crippen molar-refractivity contribution in [2.24, 2.45) is 5.92 Å². The van der Waals surface area contributed by atoms with Crippen LogP contribution in [0.25, 0.3) is 0 Å². The third-order valence-corrected chi connectivity index (χ3v) is 5.68. The molecule has 3 rings (SSSR count). The standard InChI is InChI=1S/C23H27ClN4O2S/c1-15(2)22(30)28-12-10-27(11-13-28)20-9-8-18(14-19(20)24)25-23(31)26-21(29)17-6-4-16(3)5-7-17/h4-9,14-15H,10-13H2,1-3H3,(H2,25,26,29,31). The fourth-order valence-electron chi connectivity index (χ4n) is 3.42. The summed E-state index contributed by atoms with van der Waals surface area (Å²) in [6.45, 7) is 8.64. The average molecular weight is 459 g/mol. The largest absolute Gasteiger partial charge is 0.367 e. The highest BCUT2D eigenvalue weighted by molar-refractivity contribution is 7.80. The van der Waals surface area contributed by atoms with Gasteiger partial charge in [0, 0.05) is 43.3 Å². The predicted molar refractivity (Wildman–Crippen MR) is 130 cm³/mol. The van der Waals surface area contributed by atoms with Crippen LogP contribution in [0.1, 0.15) is 29.8 Å². The van der Waals surface area contributed by atoms with Gasteiger partial charge >= 0.3 is 0 Å². The van der Waals surface area contributed by atoms with Gasteiger partial charge in [-0.15, -0.1) is 0 Å². The maximum absolute atomic E-state index is 12.3. The van der Waals surface area contributed by atoms with Gasteiger partial charge in [-0.3, -0.25) is 14.9 Å². The Morgan fingerprint density at radius 1 is 1.03 bits per heavy atom. The number of thiocarbonyl (C=S) groups is 1. The topological polar surface area (TPSA) is 64.7 Å². The van der Waals surface area contributed by atoms with Crippen LogP contribution in [0.5, 0.6) is 0 Å². The molecule has 2 aromatic rings. The molecule has 2 N–H and O–H groups in total. The van der Waals surface area contributed by atoms with Gasteiger partial charge < -0.3 is 15.1 Å². The normalized spacial score (nSPS) is 13.8. The molecule has 1 fully saturated rings. The molecule has 0 aromatic heterocycles. The van der Waals surface area contributed by atoms with Gasteiger partial charge in [-0.1, -0.05) is 43.1 Å². The molecular weight excluding hydrogens is 432 g/mol. The summed E-state index contributed by atoms with van der Waals surface area (Å²) in [5, 5.41) is 6.47. The van der Waals surface area contributed by atoms with E-state index in [1.807, 2.05) is 49.9 Å². The third-order valence-electron chi connectivity index (χ3n) is 5.17. The minimum Gasteiger partial charge on any atom is -0.367 e. The van der Waals surface area contributed by atoms with Crippen LogP contribution in [-0.4, -0.2) is 48.0 Å². The van der Waals surface area contributed by atoms with Crippen molar-refractivity contribution in [1.29, 1.82) is 0 Å². The Bertz CT molecular complexity index is 970. The van der Waals surface area contributed by atoms with Crippen LogP contribution in [0.3, 0.4) is 0 Å². The number of piperazine rings is 1. The Kier molecular flexibility index (Phi) is 7.51. The van der Waals surface area contributed by atoms with E-state index in [0.29, 0.717) is 29.4 Å². The van der Waals surface area contributed by atoms with E-state index in [0.717, 1.165) is 24.3 Å². The minimum atomic E-state index is -0.269. The third kappa shape index (κ3) is 5.95. The molecule has 2 aromatic carbocycles. The molecule has 0 unspecified atom stereocenters. The van der Waals surface area contributed by atoms with E-state index in [-0.39, 0.29) is 22.8 Å². The van der Waals surface area contributed by atoms with Crippen molar-refractivity contribution in [3.63, 3.8) is 0 Å². The van der Waals surface area contributed by atoms with Crippen LogP contribution < -0.4 is 15.5 Å². The molecular formula is C23H27ClN4O2S. The lowest BCUT2D eigenvalue weighted by Crippen LogP contribution is -2.50. The second-order valence-corrected chi connectivity index (χ2v) is 8.72.